The summed E-state index contributed by atoms with van der Waals surface area (Å²) in [6.45, 7) is 1.68. The molecule has 0 aliphatic heterocycles. The predicted octanol–water partition coefficient (Wildman–Crippen LogP) is 2.83. The molecule has 6 nitrogen and oxygen atoms in total. The van der Waals surface area contributed by atoms with Crippen molar-refractivity contribution >= 4 is 23.2 Å². The highest BCUT2D eigenvalue weighted by atomic mass is 16.5. The number of amides is 2. The topological polar surface area (TPSA) is 79.8 Å². The van der Waals surface area contributed by atoms with Gasteiger partial charge in [0.2, 0.25) is 5.91 Å². The molecule has 0 aromatic heterocycles. The van der Waals surface area contributed by atoms with E-state index in [4.69, 9.17) is 4.74 Å². The minimum Gasteiger partial charge on any atom is -0.497 e. The second-order valence-electron chi connectivity index (χ2n) is 5.11. The number of methoxy groups -OCH3 is 1. The van der Waals surface area contributed by atoms with Crippen LogP contribution in [0.25, 0.3) is 0 Å². The molecule has 6 heteroatoms. The van der Waals surface area contributed by atoms with Crippen LogP contribution in [-0.2, 0) is 4.79 Å². The van der Waals surface area contributed by atoms with Crippen molar-refractivity contribution in [1.29, 1.82) is 0 Å². The number of rotatable bonds is 6. The summed E-state index contributed by atoms with van der Waals surface area (Å²) in [6, 6.07) is 15.8. The SMILES string of the molecule is COc1ccc(NC(=O)C/C(C)=N/NC(=O)c2ccccc2)cc1. The second kappa shape index (κ2) is 8.47. The van der Waals surface area contributed by atoms with E-state index in [1.807, 2.05) is 6.07 Å². The number of benzene rings is 2. The van der Waals surface area contributed by atoms with E-state index in [1.54, 1.807) is 62.6 Å². The first kappa shape index (κ1) is 17.2. The summed E-state index contributed by atoms with van der Waals surface area (Å²) in [5, 5.41) is 6.70. The number of nitrogens with zero attached hydrogens (tertiary/aromatic N) is 1. The number of hydrogen-bond acceptors (Lipinski definition) is 4. The van der Waals surface area contributed by atoms with Gasteiger partial charge in [-0.15, -0.1) is 0 Å². The van der Waals surface area contributed by atoms with Crippen LogP contribution in [0.15, 0.2) is 59.7 Å². The molecule has 2 aromatic carbocycles. The molecule has 0 unspecified atom stereocenters. The van der Waals surface area contributed by atoms with Crippen molar-refractivity contribution in [3.05, 3.63) is 60.2 Å². The summed E-state index contributed by atoms with van der Waals surface area (Å²) < 4.78 is 5.06. The monoisotopic (exact) mass is 325 g/mol. The molecule has 0 spiro atoms. The van der Waals surface area contributed by atoms with Crippen LogP contribution in [0, 0.1) is 0 Å². The van der Waals surface area contributed by atoms with Crippen molar-refractivity contribution in [1.82, 2.24) is 5.43 Å². The highest BCUT2D eigenvalue weighted by Crippen LogP contribution is 2.15. The molecule has 2 amide bonds. The number of carbonyl (C=O) groups excluding carboxylic acids is 2. The molecule has 0 bridgehead atoms. The zero-order valence-electron chi connectivity index (χ0n) is 13.6. The fraction of sp³-hybridized carbons (Fsp3) is 0.167. The molecular formula is C18H19N3O3. The Morgan fingerprint density at radius 2 is 1.71 bits per heavy atom. The zero-order valence-corrected chi connectivity index (χ0v) is 13.6. The Bertz CT molecular complexity index is 725. The molecule has 2 rings (SSSR count). The lowest BCUT2D eigenvalue weighted by Gasteiger charge is -2.06. The minimum absolute atomic E-state index is 0.0844. The lowest BCUT2D eigenvalue weighted by atomic mass is 10.2. The van der Waals surface area contributed by atoms with Gasteiger partial charge in [0, 0.05) is 17.0 Å². The van der Waals surface area contributed by atoms with Crippen molar-refractivity contribution in [3.63, 3.8) is 0 Å². The van der Waals surface area contributed by atoms with Gasteiger partial charge in [0.25, 0.3) is 5.91 Å². The van der Waals surface area contributed by atoms with Crippen LogP contribution in [0.1, 0.15) is 23.7 Å². The van der Waals surface area contributed by atoms with Crippen molar-refractivity contribution < 1.29 is 14.3 Å². The van der Waals surface area contributed by atoms with Gasteiger partial charge < -0.3 is 10.1 Å². The van der Waals surface area contributed by atoms with Crippen molar-refractivity contribution in [2.75, 3.05) is 12.4 Å². The third-order valence-electron chi connectivity index (χ3n) is 3.17. The number of anilines is 1. The molecule has 0 radical (unpaired) electrons. The number of nitrogens with one attached hydrogen (secondary N) is 2. The maximum Gasteiger partial charge on any atom is 0.271 e. The lowest BCUT2D eigenvalue weighted by molar-refractivity contribution is -0.115. The van der Waals surface area contributed by atoms with Gasteiger partial charge in [-0.1, -0.05) is 18.2 Å². The lowest BCUT2D eigenvalue weighted by Crippen LogP contribution is -2.21. The Labute approximate surface area is 140 Å². The highest BCUT2D eigenvalue weighted by Gasteiger charge is 2.07. The van der Waals surface area contributed by atoms with Crippen LogP contribution < -0.4 is 15.5 Å². The molecule has 0 heterocycles. The fourth-order valence-electron chi connectivity index (χ4n) is 1.95. The highest BCUT2D eigenvalue weighted by molar-refractivity contribution is 6.06. The van der Waals surface area contributed by atoms with Crippen molar-refractivity contribution in [2.45, 2.75) is 13.3 Å². The quantitative estimate of drug-likeness (QED) is 0.633. The molecule has 124 valence electrons. The Morgan fingerprint density at radius 3 is 2.33 bits per heavy atom. The van der Waals surface area contributed by atoms with E-state index in [0.29, 0.717) is 17.0 Å². The summed E-state index contributed by atoms with van der Waals surface area (Å²) in [6.07, 6.45) is 0.0844. The molecule has 0 atom stereocenters. The van der Waals surface area contributed by atoms with Crippen LogP contribution in [0.2, 0.25) is 0 Å². The minimum atomic E-state index is -0.314. The number of hydrazone groups is 1. The Balaban J connectivity index is 1.85. The molecule has 2 aromatic rings. The van der Waals surface area contributed by atoms with Crippen LogP contribution in [0.4, 0.5) is 5.69 Å². The van der Waals surface area contributed by atoms with E-state index in [1.165, 1.54) is 0 Å². The molecule has 0 aliphatic rings. The Hall–Kier alpha value is -3.15. The van der Waals surface area contributed by atoms with Gasteiger partial charge in [0.1, 0.15) is 5.75 Å². The van der Waals surface area contributed by atoms with Gasteiger partial charge in [0.15, 0.2) is 0 Å². The Morgan fingerprint density at radius 1 is 1.04 bits per heavy atom. The predicted molar refractivity (Wildman–Crippen MR) is 93.3 cm³/mol. The van der Waals surface area contributed by atoms with Gasteiger partial charge >= 0.3 is 0 Å². The third-order valence-corrected chi connectivity index (χ3v) is 3.17. The van der Waals surface area contributed by atoms with Gasteiger partial charge in [-0.05, 0) is 43.3 Å². The second-order valence-corrected chi connectivity index (χ2v) is 5.11. The molecule has 0 saturated heterocycles. The number of carbonyl (C=O) groups is 2. The first-order chi connectivity index (χ1) is 11.6. The van der Waals surface area contributed by atoms with Gasteiger partial charge in [-0.3, -0.25) is 9.59 Å². The zero-order chi connectivity index (χ0) is 17.4. The summed E-state index contributed by atoms with van der Waals surface area (Å²) in [7, 11) is 1.58. The maximum atomic E-state index is 12.0. The van der Waals surface area contributed by atoms with E-state index < -0.39 is 0 Å². The van der Waals surface area contributed by atoms with Crippen molar-refractivity contribution in [2.24, 2.45) is 5.10 Å². The van der Waals surface area contributed by atoms with E-state index in [-0.39, 0.29) is 18.2 Å². The largest absolute Gasteiger partial charge is 0.497 e. The van der Waals surface area contributed by atoms with Crippen LogP contribution in [0.3, 0.4) is 0 Å². The standard InChI is InChI=1S/C18H19N3O3/c1-13(20-21-18(23)14-6-4-3-5-7-14)12-17(22)19-15-8-10-16(24-2)11-9-15/h3-11H,12H2,1-2H3,(H,19,22)(H,21,23)/b20-13+. The van der Waals surface area contributed by atoms with E-state index >= 15 is 0 Å². The first-order valence-corrected chi connectivity index (χ1v) is 7.41. The maximum absolute atomic E-state index is 12.0. The first-order valence-electron chi connectivity index (χ1n) is 7.41. The Kier molecular flexibility index (Phi) is 6.08. The van der Waals surface area contributed by atoms with Gasteiger partial charge in [-0.25, -0.2) is 5.43 Å². The number of ether oxygens (including phenoxy) is 1. The molecule has 0 saturated carbocycles. The third kappa shape index (κ3) is 5.24. The molecule has 0 aliphatic carbocycles. The summed E-state index contributed by atoms with van der Waals surface area (Å²) in [5.74, 6) is 0.190. The average molecular weight is 325 g/mol. The number of hydrogen-bond donors (Lipinski definition) is 2. The summed E-state index contributed by atoms with van der Waals surface area (Å²) in [5.41, 5.74) is 4.12. The van der Waals surface area contributed by atoms with E-state index in [2.05, 4.69) is 15.8 Å². The summed E-state index contributed by atoms with van der Waals surface area (Å²) >= 11 is 0. The molecule has 24 heavy (non-hydrogen) atoms. The molecular weight excluding hydrogens is 306 g/mol. The molecule has 2 N–H and O–H groups in total. The van der Waals surface area contributed by atoms with E-state index in [9.17, 15) is 9.59 Å². The summed E-state index contributed by atoms with van der Waals surface area (Å²) in [4.78, 5) is 23.8. The van der Waals surface area contributed by atoms with Crippen LogP contribution >= 0.6 is 0 Å². The van der Waals surface area contributed by atoms with E-state index in [0.717, 1.165) is 5.75 Å². The van der Waals surface area contributed by atoms with Gasteiger partial charge in [-0.2, -0.15) is 5.10 Å². The average Bonchev–Trinajstić information content (AvgIpc) is 2.61. The smallest absolute Gasteiger partial charge is 0.271 e. The van der Waals surface area contributed by atoms with Crippen LogP contribution in [0.5, 0.6) is 5.75 Å². The normalized spacial score (nSPS) is 10.8. The molecule has 0 fully saturated rings. The van der Waals surface area contributed by atoms with Crippen LogP contribution in [-0.4, -0.2) is 24.6 Å². The van der Waals surface area contributed by atoms with Crippen molar-refractivity contribution in [3.8, 4) is 5.75 Å². The fourth-order valence-corrected chi connectivity index (χ4v) is 1.95. The van der Waals surface area contributed by atoms with Gasteiger partial charge in [0.05, 0.1) is 13.5 Å².